The van der Waals surface area contributed by atoms with E-state index in [9.17, 15) is 0 Å². The number of hydrogen-bond acceptors (Lipinski definition) is 3. The molecule has 3 aromatic rings. The Kier molecular flexibility index (Phi) is 8.06. The Balaban J connectivity index is 1.84. The average molecular weight is 407 g/mol. The first-order chi connectivity index (χ1) is 14.2. The van der Waals surface area contributed by atoms with Crippen LogP contribution in [-0.4, -0.2) is 13.2 Å². The van der Waals surface area contributed by atoms with Crippen LogP contribution in [0.1, 0.15) is 39.5 Å². The molecule has 0 spiro atoms. The molecule has 2 nitrogen and oxygen atoms in total. The minimum Gasteiger partial charge on any atom is -0.494 e. The lowest BCUT2D eigenvalue weighted by atomic mass is 9.94. The van der Waals surface area contributed by atoms with Gasteiger partial charge in [-0.15, -0.1) is 12.6 Å². The van der Waals surface area contributed by atoms with Crippen molar-refractivity contribution in [3.05, 3.63) is 66.7 Å². The maximum Gasteiger partial charge on any atom is 0.119 e. The van der Waals surface area contributed by atoms with Gasteiger partial charge in [0.2, 0.25) is 0 Å². The van der Waals surface area contributed by atoms with Crippen molar-refractivity contribution in [2.24, 2.45) is 0 Å². The highest BCUT2D eigenvalue weighted by Crippen LogP contribution is 2.37. The summed E-state index contributed by atoms with van der Waals surface area (Å²) in [6.07, 6.45) is 4.42. The van der Waals surface area contributed by atoms with Crippen molar-refractivity contribution in [3.8, 4) is 33.8 Å². The van der Waals surface area contributed by atoms with Crippen molar-refractivity contribution in [3.63, 3.8) is 0 Å². The Morgan fingerprint density at radius 2 is 1.17 bits per heavy atom. The summed E-state index contributed by atoms with van der Waals surface area (Å²) in [6, 6.07) is 22.9. The molecule has 0 bridgehead atoms. The fourth-order valence-corrected chi connectivity index (χ4v) is 3.54. The number of ether oxygens (including phenoxy) is 2. The molecule has 3 aromatic carbocycles. The lowest BCUT2D eigenvalue weighted by Gasteiger charge is -2.14. The molecule has 0 aliphatic heterocycles. The molecule has 0 radical (unpaired) electrons. The zero-order valence-electron chi connectivity index (χ0n) is 17.4. The summed E-state index contributed by atoms with van der Waals surface area (Å²) >= 11 is 4.75. The second-order valence-corrected chi connectivity index (χ2v) is 7.63. The Labute approximate surface area is 180 Å². The highest BCUT2D eigenvalue weighted by Gasteiger charge is 2.11. The third-order valence-corrected chi connectivity index (χ3v) is 5.26. The molecule has 152 valence electrons. The van der Waals surface area contributed by atoms with Gasteiger partial charge in [-0.3, -0.25) is 0 Å². The van der Waals surface area contributed by atoms with Crippen LogP contribution in [0.3, 0.4) is 0 Å². The molecule has 0 N–H and O–H groups in total. The summed E-state index contributed by atoms with van der Waals surface area (Å²) in [6.45, 7) is 5.86. The van der Waals surface area contributed by atoms with Gasteiger partial charge in [-0.05, 0) is 59.9 Å². The molecule has 3 rings (SSSR count). The van der Waals surface area contributed by atoms with Gasteiger partial charge in [0, 0.05) is 10.5 Å². The Morgan fingerprint density at radius 3 is 1.69 bits per heavy atom. The third-order valence-electron chi connectivity index (χ3n) is 4.88. The highest BCUT2D eigenvalue weighted by molar-refractivity contribution is 7.80. The summed E-state index contributed by atoms with van der Waals surface area (Å²) in [4.78, 5) is 0.963. The van der Waals surface area contributed by atoms with E-state index in [4.69, 9.17) is 22.1 Å². The highest BCUT2D eigenvalue weighted by atomic mass is 32.1. The maximum absolute atomic E-state index is 5.80. The smallest absolute Gasteiger partial charge is 0.119 e. The quantitative estimate of drug-likeness (QED) is 0.275. The van der Waals surface area contributed by atoms with E-state index in [0.29, 0.717) is 0 Å². The van der Waals surface area contributed by atoms with E-state index in [1.807, 2.05) is 30.3 Å². The molecule has 0 saturated heterocycles. The van der Waals surface area contributed by atoms with Gasteiger partial charge < -0.3 is 9.47 Å². The first-order valence-corrected chi connectivity index (χ1v) is 11.0. The molecule has 0 unspecified atom stereocenters. The first-order valence-electron chi connectivity index (χ1n) is 10.5. The Morgan fingerprint density at radius 1 is 0.655 bits per heavy atom. The van der Waals surface area contributed by atoms with Crippen LogP contribution in [-0.2, 0) is 0 Å². The van der Waals surface area contributed by atoms with Gasteiger partial charge in [0.15, 0.2) is 0 Å². The molecule has 0 aliphatic carbocycles. The van der Waals surface area contributed by atoms with Crippen LogP contribution >= 0.6 is 12.6 Å². The van der Waals surface area contributed by atoms with Crippen molar-refractivity contribution >= 4 is 12.6 Å². The van der Waals surface area contributed by atoms with E-state index in [1.54, 1.807) is 0 Å². The molecule has 0 amide bonds. The molecule has 0 aromatic heterocycles. The molecular weight excluding hydrogens is 376 g/mol. The predicted octanol–water partition coefficient (Wildman–Crippen LogP) is 7.67. The van der Waals surface area contributed by atoms with E-state index in [2.05, 4.69) is 50.2 Å². The Bertz CT molecular complexity index is 886. The van der Waals surface area contributed by atoms with Gasteiger partial charge >= 0.3 is 0 Å². The molecule has 3 heteroatoms. The van der Waals surface area contributed by atoms with Gasteiger partial charge in [0.25, 0.3) is 0 Å². The van der Waals surface area contributed by atoms with Crippen LogP contribution in [0.5, 0.6) is 11.5 Å². The maximum atomic E-state index is 5.80. The summed E-state index contributed by atoms with van der Waals surface area (Å²) < 4.78 is 11.6. The fourth-order valence-electron chi connectivity index (χ4n) is 3.20. The van der Waals surface area contributed by atoms with Crippen LogP contribution in [0.4, 0.5) is 0 Å². The van der Waals surface area contributed by atoms with Crippen molar-refractivity contribution in [1.29, 1.82) is 0 Å². The van der Waals surface area contributed by atoms with E-state index in [1.165, 1.54) is 0 Å². The molecule has 29 heavy (non-hydrogen) atoms. The van der Waals surface area contributed by atoms with Crippen molar-refractivity contribution in [1.82, 2.24) is 0 Å². The number of thiol groups is 1. The fraction of sp³-hybridized carbons (Fsp3) is 0.308. The predicted molar refractivity (Wildman–Crippen MR) is 125 cm³/mol. The molecule has 0 fully saturated rings. The lowest BCUT2D eigenvalue weighted by Crippen LogP contribution is -1.96. The summed E-state index contributed by atoms with van der Waals surface area (Å²) in [5.74, 6) is 1.83. The van der Waals surface area contributed by atoms with E-state index < -0.39 is 0 Å². The van der Waals surface area contributed by atoms with Gasteiger partial charge in [-0.25, -0.2) is 0 Å². The van der Waals surface area contributed by atoms with Gasteiger partial charge in [0.05, 0.1) is 13.2 Å². The van der Waals surface area contributed by atoms with Crippen molar-refractivity contribution in [2.75, 3.05) is 13.2 Å². The van der Waals surface area contributed by atoms with E-state index in [-0.39, 0.29) is 0 Å². The summed E-state index contributed by atoms with van der Waals surface area (Å²) in [5.41, 5.74) is 4.59. The lowest BCUT2D eigenvalue weighted by molar-refractivity contribution is 0.309. The molecule has 0 saturated carbocycles. The second-order valence-electron chi connectivity index (χ2n) is 7.15. The SMILES string of the molecule is CCCCOc1ccc(-c2cccc(S)c2-c2ccc(OCCCC)cc2)cc1. The van der Waals surface area contributed by atoms with Crippen LogP contribution in [0.25, 0.3) is 22.3 Å². The topological polar surface area (TPSA) is 18.5 Å². The van der Waals surface area contributed by atoms with Gasteiger partial charge in [-0.1, -0.05) is 63.1 Å². The number of unbranched alkanes of at least 4 members (excludes halogenated alkanes) is 2. The number of hydrogen-bond donors (Lipinski definition) is 1. The van der Waals surface area contributed by atoms with Crippen LogP contribution < -0.4 is 9.47 Å². The largest absolute Gasteiger partial charge is 0.494 e. The standard InChI is InChI=1S/C26H30O2S/c1-3-5-18-27-22-14-10-20(11-15-22)24-8-7-9-25(29)26(24)21-12-16-23(17-13-21)28-19-6-4-2/h7-17,29H,3-6,18-19H2,1-2H3. The number of rotatable bonds is 10. The minimum atomic E-state index is 0.761. The monoisotopic (exact) mass is 406 g/mol. The molecule has 0 heterocycles. The molecule has 0 atom stereocenters. The van der Waals surface area contributed by atoms with Gasteiger partial charge in [0.1, 0.15) is 11.5 Å². The van der Waals surface area contributed by atoms with Crippen LogP contribution in [0.15, 0.2) is 71.6 Å². The molecular formula is C26H30O2S. The van der Waals surface area contributed by atoms with E-state index >= 15 is 0 Å². The molecule has 0 aliphatic rings. The van der Waals surface area contributed by atoms with Crippen LogP contribution in [0.2, 0.25) is 0 Å². The first kappa shape index (κ1) is 21.3. The zero-order valence-corrected chi connectivity index (χ0v) is 18.3. The Hall–Kier alpha value is -2.39. The van der Waals surface area contributed by atoms with Gasteiger partial charge in [-0.2, -0.15) is 0 Å². The minimum absolute atomic E-state index is 0.761. The van der Waals surface area contributed by atoms with Crippen molar-refractivity contribution in [2.45, 2.75) is 44.4 Å². The summed E-state index contributed by atoms with van der Waals surface area (Å²) in [5, 5.41) is 0. The normalized spacial score (nSPS) is 10.7. The van der Waals surface area contributed by atoms with E-state index in [0.717, 1.165) is 77.5 Å². The summed E-state index contributed by atoms with van der Waals surface area (Å²) in [7, 11) is 0. The number of benzene rings is 3. The third kappa shape index (κ3) is 5.80. The average Bonchev–Trinajstić information content (AvgIpc) is 2.75. The second kappa shape index (κ2) is 11.0. The van der Waals surface area contributed by atoms with Crippen molar-refractivity contribution < 1.29 is 9.47 Å². The van der Waals surface area contributed by atoms with Crippen LogP contribution in [0, 0.1) is 0 Å². The zero-order chi connectivity index (χ0) is 20.5.